The molecule has 6 heteroatoms. The molecule has 0 atom stereocenters. The van der Waals surface area contributed by atoms with Gasteiger partial charge in [0.15, 0.2) is 0 Å². The van der Waals surface area contributed by atoms with Gasteiger partial charge >= 0.3 is 11.9 Å². The Labute approximate surface area is 110 Å². The van der Waals surface area contributed by atoms with Gasteiger partial charge in [-0.1, -0.05) is 12.1 Å². The molecule has 0 heterocycles. The Balaban J connectivity index is 3.04. The monoisotopic (exact) mass is 309 g/mol. The fraction of sp³-hybridized carbons (Fsp3) is 0. The first-order chi connectivity index (χ1) is 8.43. The van der Waals surface area contributed by atoms with Crippen molar-refractivity contribution in [3.8, 4) is 0 Å². The summed E-state index contributed by atoms with van der Waals surface area (Å²) in [5.41, 5.74) is 5.97. The Hall–Kier alpha value is -2.08. The Morgan fingerprint density at radius 3 is 2.28 bits per heavy atom. The van der Waals surface area contributed by atoms with E-state index in [9.17, 15) is 9.59 Å². The van der Waals surface area contributed by atoms with Crippen molar-refractivity contribution in [1.82, 2.24) is 0 Å². The lowest BCUT2D eigenvalue weighted by atomic mass is 9.98. The van der Waals surface area contributed by atoms with Crippen LogP contribution in [0.15, 0.2) is 28.7 Å². The van der Waals surface area contributed by atoms with Crippen LogP contribution in [0, 0.1) is 0 Å². The Bertz CT molecular complexity index is 681. The third kappa shape index (κ3) is 1.80. The van der Waals surface area contributed by atoms with Gasteiger partial charge in [0.25, 0.3) is 0 Å². The molecule has 2 aromatic rings. The molecule has 0 amide bonds. The van der Waals surface area contributed by atoms with Crippen LogP contribution in [0.25, 0.3) is 10.8 Å². The maximum Gasteiger partial charge on any atom is 0.336 e. The molecule has 5 nitrogen and oxygen atoms in total. The lowest BCUT2D eigenvalue weighted by molar-refractivity contribution is 0.0695. The van der Waals surface area contributed by atoms with Gasteiger partial charge in [-0.3, -0.25) is 0 Å². The number of fused-ring (bicyclic) bond motifs is 1. The van der Waals surface area contributed by atoms with Crippen LogP contribution < -0.4 is 5.73 Å². The molecule has 0 aromatic heterocycles. The maximum absolute atomic E-state index is 11.2. The van der Waals surface area contributed by atoms with Gasteiger partial charge < -0.3 is 15.9 Å². The molecule has 0 aliphatic carbocycles. The fourth-order valence-corrected chi connectivity index (χ4v) is 2.26. The molecule has 0 aliphatic rings. The highest BCUT2D eigenvalue weighted by atomic mass is 79.9. The van der Waals surface area contributed by atoms with Crippen LogP contribution in [-0.4, -0.2) is 22.2 Å². The van der Waals surface area contributed by atoms with Gasteiger partial charge in [-0.05, 0) is 28.1 Å². The van der Waals surface area contributed by atoms with Crippen LogP contribution in [-0.2, 0) is 0 Å². The number of carbonyl (C=O) groups is 2. The average molecular weight is 310 g/mol. The first-order valence-corrected chi connectivity index (χ1v) is 5.70. The fourth-order valence-electron chi connectivity index (χ4n) is 1.82. The molecule has 0 unspecified atom stereocenters. The highest BCUT2D eigenvalue weighted by Gasteiger charge is 2.19. The Morgan fingerprint density at radius 1 is 1.11 bits per heavy atom. The first-order valence-electron chi connectivity index (χ1n) is 4.90. The number of halogens is 1. The lowest BCUT2D eigenvalue weighted by Crippen LogP contribution is -2.06. The number of carboxylic acids is 2. The summed E-state index contributed by atoms with van der Waals surface area (Å²) in [5, 5.41) is 18.8. The molecule has 0 spiro atoms. The minimum atomic E-state index is -1.20. The largest absolute Gasteiger partial charge is 0.478 e. The van der Waals surface area contributed by atoms with Gasteiger partial charge in [-0.25, -0.2) is 9.59 Å². The summed E-state index contributed by atoms with van der Waals surface area (Å²) in [5.74, 6) is -2.39. The van der Waals surface area contributed by atoms with E-state index in [0.717, 1.165) is 0 Å². The second-order valence-electron chi connectivity index (χ2n) is 3.66. The zero-order chi connectivity index (χ0) is 13.4. The number of benzene rings is 2. The minimum Gasteiger partial charge on any atom is -0.478 e. The van der Waals surface area contributed by atoms with Crippen LogP contribution in [0.5, 0.6) is 0 Å². The number of hydrogen-bond donors (Lipinski definition) is 3. The molecule has 0 radical (unpaired) electrons. The standard InChI is InChI=1S/C12H8BrNO4/c13-8-4-7(12(17)18)9-5(10(8)14)2-1-3-6(9)11(15)16/h1-4H,14H2,(H,15,16)(H,17,18). The van der Waals surface area contributed by atoms with E-state index < -0.39 is 11.9 Å². The average Bonchev–Trinajstić information content (AvgIpc) is 2.32. The number of rotatable bonds is 2. The normalized spacial score (nSPS) is 10.5. The smallest absolute Gasteiger partial charge is 0.336 e. The molecule has 92 valence electrons. The van der Waals surface area contributed by atoms with E-state index in [-0.39, 0.29) is 16.5 Å². The zero-order valence-corrected chi connectivity index (χ0v) is 10.6. The summed E-state index contributed by atoms with van der Waals surface area (Å²) in [6, 6.07) is 5.78. The third-order valence-corrected chi connectivity index (χ3v) is 3.27. The number of hydrogen-bond acceptors (Lipinski definition) is 3. The summed E-state index contributed by atoms with van der Waals surface area (Å²) in [7, 11) is 0. The zero-order valence-electron chi connectivity index (χ0n) is 8.98. The molecule has 18 heavy (non-hydrogen) atoms. The van der Waals surface area contributed by atoms with E-state index in [1.54, 1.807) is 6.07 Å². The van der Waals surface area contributed by atoms with Gasteiger partial charge in [0.05, 0.1) is 16.8 Å². The van der Waals surface area contributed by atoms with Crippen molar-refractivity contribution in [1.29, 1.82) is 0 Å². The molecule has 0 saturated carbocycles. The topological polar surface area (TPSA) is 101 Å². The SMILES string of the molecule is Nc1c(Br)cc(C(=O)O)c2c(C(=O)O)cccc12. The van der Waals surface area contributed by atoms with Gasteiger partial charge in [0.1, 0.15) is 0 Å². The van der Waals surface area contributed by atoms with Crippen molar-refractivity contribution >= 4 is 44.3 Å². The third-order valence-electron chi connectivity index (χ3n) is 2.61. The summed E-state index contributed by atoms with van der Waals surface area (Å²) in [4.78, 5) is 22.3. The summed E-state index contributed by atoms with van der Waals surface area (Å²) in [6.07, 6.45) is 0. The van der Waals surface area contributed by atoms with Gasteiger partial charge in [0.2, 0.25) is 0 Å². The quantitative estimate of drug-likeness (QED) is 0.740. The van der Waals surface area contributed by atoms with E-state index in [1.807, 2.05) is 0 Å². The molecule has 4 N–H and O–H groups in total. The molecule has 2 rings (SSSR count). The van der Waals surface area contributed by atoms with Crippen molar-refractivity contribution in [2.75, 3.05) is 5.73 Å². The second-order valence-corrected chi connectivity index (χ2v) is 4.51. The van der Waals surface area contributed by atoms with Crippen LogP contribution >= 0.6 is 15.9 Å². The van der Waals surface area contributed by atoms with Crippen molar-refractivity contribution in [2.45, 2.75) is 0 Å². The molecule has 0 aliphatic heterocycles. The summed E-state index contributed by atoms with van der Waals surface area (Å²) < 4.78 is 0.426. The lowest BCUT2D eigenvalue weighted by Gasteiger charge is -2.10. The number of nitrogen functional groups attached to an aromatic ring is 1. The highest BCUT2D eigenvalue weighted by Crippen LogP contribution is 2.34. The van der Waals surface area contributed by atoms with Crippen LogP contribution in [0.2, 0.25) is 0 Å². The van der Waals surface area contributed by atoms with E-state index in [2.05, 4.69) is 15.9 Å². The number of aromatic carboxylic acids is 2. The summed E-state index contributed by atoms with van der Waals surface area (Å²) >= 11 is 3.16. The molecule has 0 saturated heterocycles. The van der Waals surface area contributed by atoms with Gasteiger partial charge in [0, 0.05) is 15.2 Å². The highest BCUT2D eigenvalue weighted by molar-refractivity contribution is 9.10. The first kappa shape index (κ1) is 12.4. The predicted octanol–water partition coefficient (Wildman–Crippen LogP) is 2.58. The van der Waals surface area contributed by atoms with Crippen molar-refractivity contribution in [3.05, 3.63) is 39.9 Å². The van der Waals surface area contributed by atoms with Crippen molar-refractivity contribution in [2.24, 2.45) is 0 Å². The van der Waals surface area contributed by atoms with Gasteiger partial charge in [-0.2, -0.15) is 0 Å². The van der Waals surface area contributed by atoms with E-state index in [4.69, 9.17) is 15.9 Å². The van der Waals surface area contributed by atoms with E-state index >= 15 is 0 Å². The van der Waals surface area contributed by atoms with E-state index in [0.29, 0.717) is 15.5 Å². The number of anilines is 1. The Morgan fingerprint density at radius 2 is 1.72 bits per heavy atom. The minimum absolute atomic E-state index is 0.0795. The molecule has 0 bridgehead atoms. The molecular weight excluding hydrogens is 302 g/mol. The van der Waals surface area contributed by atoms with Crippen molar-refractivity contribution in [3.63, 3.8) is 0 Å². The van der Waals surface area contributed by atoms with Crippen LogP contribution in [0.3, 0.4) is 0 Å². The van der Waals surface area contributed by atoms with Crippen molar-refractivity contribution < 1.29 is 19.8 Å². The molecular formula is C12H8BrNO4. The van der Waals surface area contributed by atoms with Gasteiger partial charge in [-0.15, -0.1) is 0 Å². The number of carboxylic acid groups (broad SMARTS) is 2. The van der Waals surface area contributed by atoms with Crippen LogP contribution in [0.1, 0.15) is 20.7 Å². The number of nitrogens with two attached hydrogens (primary N) is 1. The maximum atomic E-state index is 11.2. The van der Waals surface area contributed by atoms with E-state index in [1.165, 1.54) is 18.2 Å². The predicted molar refractivity (Wildman–Crippen MR) is 70.0 cm³/mol. The van der Waals surface area contributed by atoms with Crippen LogP contribution in [0.4, 0.5) is 5.69 Å². The molecule has 2 aromatic carbocycles. The Kier molecular flexibility index (Phi) is 2.96. The second kappa shape index (κ2) is 4.30. The molecule has 0 fully saturated rings. The summed E-state index contributed by atoms with van der Waals surface area (Å²) in [6.45, 7) is 0.